The van der Waals surface area contributed by atoms with Crippen LogP contribution in [0.3, 0.4) is 0 Å². The molecule has 2 aromatic carbocycles. The third kappa shape index (κ3) is 13.1. The molecule has 2 heterocycles. The molecule has 1 aliphatic rings. The molecule has 0 aliphatic carbocycles. The molecule has 0 amide bonds. The average molecular weight is 606 g/mol. The van der Waals surface area contributed by atoms with E-state index in [-0.39, 0.29) is 0 Å². The molecule has 43 heavy (non-hydrogen) atoms. The van der Waals surface area contributed by atoms with Gasteiger partial charge in [-0.15, -0.1) is 0 Å². The summed E-state index contributed by atoms with van der Waals surface area (Å²) >= 11 is 0. The molecule has 1 aliphatic heterocycles. The Morgan fingerprint density at radius 3 is 1.30 bits per heavy atom. The average Bonchev–Trinajstić information content (AvgIpc) is 3.48. The molecule has 13 nitrogen and oxygen atoms in total. The predicted molar refractivity (Wildman–Crippen MR) is 156 cm³/mol. The standard InChI is InChI=1S/C30H43N3O10/c1-3-25-26-4-2-6-28(25)43-22-20-39-14-12-35-8-10-37-16-18-41-24-30-31-29(32-33-30)23-40-17-15-36-9-7-34-11-13-38-19-21-42-27(26)5-1/h1-6H,7-24H2,(H,31,32,33). The van der Waals surface area contributed by atoms with Crippen molar-refractivity contribution < 1.29 is 47.4 Å². The number of ether oxygens (including phenoxy) is 10. The third-order valence-corrected chi connectivity index (χ3v) is 6.09. The van der Waals surface area contributed by atoms with Gasteiger partial charge in [0, 0.05) is 10.8 Å². The van der Waals surface area contributed by atoms with E-state index >= 15 is 0 Å². The Morgan fingerprint density at radius 1 is 0.442 bits per heavy atom. The van der Waals surface area contributed by atoms with Crippen LogP contribution < -0.4 is 9.47 Å². The molecule has 0 radical (unpaired) electrons. The van der Waals surface area contributed by atoms with Gasteiger partial charge >= 0.3 is 0 Å². The van der Waals surface area contributed by atoms with E-state index in [0.717, 1.165) is 22.3 Å². The van der Waals surface area contributed by atoms with Crippen molar-refractivity contribution in [1.82, 2.24) is 15.2 Å². The summed E-state index contributed by atoms with van der Waals surface area (Å²) in [5.74, 6) is 2.77. The highest BCUT2D eigenvalue weighted by Crippen LogP contribution is 2.32. The topological polar surface area (TPSA) is 134 Å². The molecule has 4 rings (SSSR count). The maximum Gasteiger partial charge on any atom is 0.176 e. The van der Waals surface area contributed by atoms with Gasteiger partial charge in [-0.3, -0.25) is 5.10 Å². The number of H-pyrrole nitrogens is 1. The lowest BCUT2D eigenvalue weighted by atomic mass is 10.1. The fourth-order valence-electron chi connectivity index (χ4n) is 4.04. The quantitative estimate of drug-likeness (QED) is 0.404. The first-order chi connectivity index (χ1) is 21.4. The molecular formula is C30H43N3O10. The Labute approximate surface area is 251 Å². The minimum absolute atomic E-state index is 0.293. The summed E-state index contributed by atoms with van der Waals surface area (Å²) < 4.78 is 56.6. The van der Waals surface area contributed by atoms with E-state index in [2.05, 4.69) is 15.2 Å². The minimum atomic E-state index is 0.293. The van der Waals surface area contributed by atoms with Crippen molar-refractivity contribution >= 4 is 10.8 Å². The highest BCUT2D eigenvalue weighted by atomic mass is 16.6. The van der Waals surface area contributed by atoms with Gasteiger partial charge in [0.25, 0.3) is 0 Å². The highest BCUT2D eigenvalue weighted by Gasteiger charge is 2.08. The zero-order valence-corrected chi connectivity index (χ0v) is 24.7. The van der Waals surface area contributed by atoms with Crippen molar-refractivity contribution in [2.75, 3.05) is 106 Å². The van der Waals surface area contributed by atoms with Gasteiger partial charge in [0.2, 0.25) is 0 Å². The second-order valence-electron chi connectivity index (χ2n) is 9.28. The van der Waals surface area contributed by atoms with Crippen LogP contribution in [-0.4, -0.2) is 121 Å². The fraction of sp³-hybridized carbons (Fsp3) is 0.600. The Hall–Kier alpha value is -2.88. The van der Waals surface area contributed by atoms with Crippen LogP contribution in [0, 0.1) is 0 Å². The second-order valence-corrected chi connectivity index (χ2v) is 9.28. The number of aromatic nitrogens is 3. The first kappa shape index (κ1) is 33.0. The van der Waals surface area contributed by atoms with Crippen molar-refractivity contribution in [3.63, 3.8) is 0 Å². The molecule has 0 saturated carbocycles. The van der Waals surface area contributed by atoms with E-state index < -0.39 is 0 Å². The first-order valence-electron chi connectivity index (χ1n) is 14.7. The van der Waals surface area contributed by atoms with Gasteiger partial charge in [0.05, 0.1) is 92.5 Å². The van der Waals surface area contributed by atoms with E-state index in [0.29, 0.717) is 131 Å². The van der Waals surface area contributed by atoms with Gasteiger partial charge < -0.3 is 47.4 Å². The van der Waals surface area contributed by atoms with Crippen LogP contribution in [0.15, 0.2) is 36.4 Å². The molecule has 1 N–H and O–H groups in total. The number of nitrogens with zero attached hydrogens (tertiary/aromatic N) is 2. The zero-order valence-electron chi connectivity index (χ0n) is 24.7. The lowest BCUT2D eigenvalue weighted by Gasteiger charge is -2.13. The second kappa shape index (κ2) is 20.9. The molecule has 0 spiro atoms. The van der Waals surface area contributed by atoms with Crippen LogP contribution in [0.25, 0.3) is 10.8 Å². The summed E-state index contributed by atoms with van der Waals surface area (Å²) in [5, 5.41) is 8.95. The molecule has 13 heteroatoms. The van der Waals surface area contributed by atoms with Crippen molar-refractivity contribution in [2.24, 2.45) is 0 Å². The number of rotatable bonds is 0. The van der Waals surface area contributed by atoms with Crippen molar-refractivity contribution in [3.8, 4) is 11.5 Å². The summed E-state index contributed by atoms with van der Waals surface area (Å²) in [7, 11) is 0. The maximum absolute atomic E-state index is 5.99. The van der Waals surface area contributed by atoms with Crippen LogP contribution in [0.2, 0.25) is 0 Å². The molecule has 238 valence electrons. The Kier molecular flexibility index (Phi) is 16.1. The van der Waals surface area contributed by atoms with E-state index in [9.17, 15) is 0 Å². The normalized spacial score (nSPS) is 19.4. The van der Waals surface area contributed by atoms with Gasteiger partial charge in [-0.2, -0.15) is 5.10 Å². The summed E-state index contributed by atoms with van der Waals surface area (Å²) in [6, 6.07) is 11.8. The van der Waals surface area contributed by atoms with Crippen molar-refractivity contribution in [3.05, 3.63) is 48.0 Å². The van der Waals surface area contributed by atoms with E-state index in [1.165, 1.54) is 0 Å². The Balaban J connectivity index is 1.17. The monoisotopic (exact) mass is 605 g/mol. The summed E-state index contributed by atoms with van der Waals surface area (Å²) in [6.45, 7) is 8.01. The van der Waals surface area contributed by atoms with Crippen LogP contribution in [0.1, 0.15) is 11.6 Å². The lowest BCUT2D eigenvalue weighted by molar-refractivity contribution is -0.00760. The summed E-state index contributed by atoms with van der Waals surface area (Å²) in [4.78, 5) is 4.35. The molecular weight excluding hydrogens is 562 g/mol. The molecule has 6 bridgehead atoms. The third-order valence-electron chi connectivity index (χ3n) is 6.09. The van der Waals surface area contributed by atoms with E-state index in [1.807, 2.05) is 36.4 Å². The minimum Gasteiger partial charge on any atom is -0.491 e. The van der Waals surface area contributed by atoms with Crippen LogP contribution in [0.5, 0.6) is 11.5 Å². The number of hydrogen-bond donors (Lipinski definition) is 1. The lowest BCUT2D eigenvalue weighted by Crippen LogP contribution is -2.14. The number of benzene rings is 2. The van der Waals surface area contributed by atoms with Gasteiger partial charge in [-0.1, -0.05) is 24.3 Å². The van der Waals surface area contributed by atoms with Crippen LogP contribution in [0.4, 0.5) is 0 Å². The van der Waals surface area contributed by atoms with Crippen molar-refractivity contribution in [2.45, 2.75) is 13.2 Å². The first-order valence-corrected chi connectivity index (χ1v) is 14.7. The summed E-state index contributed by atoms with van der Waals surface area (Å²) in [5.41, 5.74) is 0. The molecule has 0 saturated heterocycles. The van der Waals surface area contributed by atoms with Crippen LogP contribution in [-0.2, 0) is 51.1 Å². The van der Waals surface area contributed by atoms with Gasteiger partial charge in [-0.05, 0) is 12.1 Å². The smallest absolute Gasteiger partial charge is 0.176 e. The van der Waals surface area contributed by atoms with Crippen molar-refractivity contribution in [1.29, 1.82) is 0 Å². The Morgan fingerprint density at radius 2 is 0.837 bits per heavy atom. The van der Waals surface area contributed by atoms with Gasteiger partial charge in [0.1, 0.15) is 37.9 Å². The van der Waals surface area contributed by atoms with Gasteiger partial charge in [0.15, 0.2) is 11.6 Å². The van der Waals surface area contributed by atoms with E-state index in [4.69, 9.17) is 47.4 Å². The maximum atomic E-state index is 5.99. The SMILES string of the molecule is c1cc2c3cccc(c3c1)OCCOCCOCCOCCOCc1n[nH]c(n1)COCCOCCOCCOCCO2. The number of nitrogens with one attached hydrogen (secondary N) is 1. The number of fused-ring (bicyclic) bond motifs is 2. The predicted octanol–water partition coefficient (Wildman–Crippen LogP) is 2.56. The zero-order chi connectivity index (χ0) is 29.6. The molecule has 0 atom stereocenters. The largest absolute Gasteiger partial charge is 0.491 e. The Bertz CT molecular complexity index is 1060. The molecule has 1 aromatic heterocycles. The fourth-order valence-corrected chi connectivity index (χ4v) is 4.04. The summed E-state index contributed by atoms with van der Waals surface area (Å²) in [6.07, 6.45) is 0. The number of aromatic amines is 1. The number of hydrogen-bond acceptors (Lipinski definition) is 12. The highest BCUT2D eigenvalue weighted by molar-refractivity contribution is 5.93. The van der Waals surface area contributed by atoms with Gasteiger partial charge in [-0.25, -0.2) is 4.98 Å². The molecule has 0 unspecified atom stereocenters. The molecule has 0 fully saturated rings. The van der Waals surface area contributed by atoms with Crippen LogP contribution >= 0.6 is 0 Å². The molecule has 3 aromatic rings. The van der Waals surface area contributed by atoms with E-state index in [1.54, 1.807) is 0 Å².